The first-order valence-corrected chi connectivity index (χ1v) is 6.84. The van der Waals surface area contributed by atoms with E-state index < -0.39 is 13.0 Å². The molecule has 1 aromatic rings. The van der Waals surface area contributed by atoms with Gasteiger partial charge in [-0.15, -0.1) is 0 Å². The second-order valence-electron chi connectivity index (χ2n) is 4.92. The highest BCUT2D eigenvalue weighted by molar-refractivity contribution is 7.48. The van der Waals surface area contributed by atoms with Crippen LogP contribution in [-0.4, -0.2) is 43.7 Å². The lowest BCUT2D eigenvalue weighted by Gasteiger charge is -2.23. The van der Waals surface area contributed by atoms with Crippen LogP contribution < -0.4 is 5.30 Å². The summed E-state index contributed by atoms with van der Waals surface area (Å²) in [5, 5.41) is 11.0. The highest BCUT2D eigenvalue weighted by Crippen LogP contribution is 2.26. The molecule has 0 aliphatic carbocycles. The zero-order valence-electron chi connectivity index (χ0n) is 10.8. The topological polar surface area (TPSA) is 69.4 Å². The third kappa shape index (κ3) is 4.56. The van der Waals surface area contributed by atoms with Crippen LogP contribution in [0.25, 0.3) is 0 Å². The molecule has 0 saturated heterocycles. The van der Waals surface area contributed by atoms with Crippen LogP contribution in [0.5, 0.6) is 0 Å². The van der Waals surface area contributed by atoms with E-state index >= 15 is 0 Å². The molecule has 18 heavy (non-hydrogen) atoms. The smallest absolute Gasteiger partial charge is 0.282 e. The molecule has 0 aliphatic heterocycles. The summed E-state index contributed by atoms with van der Waals surface area (Å²) < 4.78 is 17.8. The van der Waals surface area contributed by atoms with E-state index in [2.05, 4.69) is 0 Å². The van der Waals surface area contributed by atoms with Crippen LogP contribution in [0.2, 0.25) is 0 Å². The fourth-order valence-corrected chi connectivity index (χ4v) is 2.34. The SMILES string of the molecule is C[N+](C)(C)CCO[PH](=O)c1ccccc1[N+](=O)[O-]. The molecule has 100 valence electrons. The van der Waals surface area contributed by atoms with Crippen molar-refractivity contribution < 1.29 is 18.5 Å². The Kier molecular flexibility index (Phi) is 5.02. The minimum Gasteiger partial charge on any atom is -0.329 e. The second-order valence-corrected chi connectivity index (χ2v) is 6.33. The third-order valence-electron chi connectivity index (χ3n) is 2.32. The Labute approximate surface area is 107 Å². The predicted molar refractivity (Wildman–Crippen MR) is 70.6 cm³/mol. The van der Waals surface area contributed by atoms with Crippen LogP contribution in [0.15, 0.2) is 24.3 Å². The van der Waals surface area contributed by atoms with Gasteiger partial charge in [0.05, 0.1) is 26.1 Å². The number of nitro groups is 1. The van der Waals surface area contributed by atoms with Crippen molar-refractivity contribution in [2.45, 2.75) is 0 Å². The molecule has 0 fully saturated rings. The van der Waals surface area contributed by atoms with E-state index in [4.69, 9.17) is 4.52 Å². The zero-order valence-corrected chi connectivity index (χ0v) is 11.8. The largest absolute Gasteiger partial charge is 0.329 e. The van der Waals surface area contributed by atoms with Crippen LogP contribution in [0.1, 0.15) is 0 Å². The number of benzene rings is 1. The molecule has 0 amide bonds. The number of rotatable bonds is 6. The standard InChI is InChI=1S/C11H18N2O4P/c1-13(2,3)8-9-17-18(16)11-7-5-4-6-10(11)12(14)15/h4-7,18H,8-9H2,1-3H3/q+1. The van der Waals surface area contributed by atoms with Gasteiger partial charge in [-0.2, -0.15) is 0 Å². The number of nitro benzene ring substituents is 1. The molecular weight excluding hydrogens is 255 g/mol. The molecule has 1 aromatic carbocycles. The average molecular weight is 273 g/mol. The summed E-state index contributed by atoms with van der Waals surface area (Å²) in [4.78, 5) is 10.2. The maximum atomic E-state index is 11.9. The first kappa shape index (κ1) is 14.8. The van der Waals surface area contributed by atoms with Gasteiger partial charge in [0.1, 0.15) is 18.5 Å². The lowest BCUT2D eigenvalue weighted by molar-refractivity contribution is -0.870. The van der Waals surface area contributed by atoms with E-state index in [1.54, 1.807) is 12.1 Å². The number of nitrogens with zero attached hydrogens (tertiary/aromatic N) is 2. The van der Waals surface area contributed by atoms with Gasteiger partial charge in [-0.1, -0.05) is 12.1 Å². The number of quaternary nitrogens is 1. The first-order chi connectivity index (χ1) is 8.31. The fourth-order valence-electron chi connectivity index (χ4n) is 1.30. The van der Waals surface area contributed by atoms with Crippen molar-refractivity contribution in [1.82, 2.24) is 0 Å². The molecule has 7 heteroatoms. The van der Waals surface area contributed by atoms with E-state index in [-0.39, 0.29) is 11.0 Å². The van der Waals surface area contributed by atoms with Crippen LogP contribution in [-0.2, 0) is 9.09 Å². The maximum Gasteiger partial charge on any atom is 0.282 e. The Bertz CT molecular complexity index is 457. The van der Waals surface area contributed by atoms with Crippen molar-refractivity contribution in [3.63, 3.8) is 0 Å². The summed E-state index contributed by atoms with van der Waals surface area (Å²) in [7, 11) is 3.41. The third-order valence-corrected chi connectivity index (χ3v) is 3.64. The van der Waals surface area contributed by atoms with E-state index in [1.165, 1.54) is 12.1 Å². The van der Waals surface area contributed by atoms with Gasteiger partial charge in [0.2, 0.25) is 8.03 Å². The van der Waals surface area contributed by atoms with Crippen LogP contribution in [0, 0.1) is 10.1 Å². The lowest BCUT2D eigenvalue weighted by atomic mass is 10.3. The molecule has 1 rings (SSSR count). The van der Waals surface area contributed by atoms with Crippen molar-refractivity contribution >= 4 is 19.0 Å². The summed E-state index contributed by atoms with van der Waals surface area (Å²) in [6, 6.07) is 5.98. The fraction of sp³-hybridized carbons (Fsp3) is 0.455. The van der Waals surface area contributed by atoms with E-state index in [0.29, 0.717) is 17.6 Å². The molecule has 6 nitrogen and oxygen atoms in total. The number of hydrogen-bond donors (Lipinski definition) is 0. The molecule has 0 saturated carbocycles. The average Bonchev–Trinajstić information content (AvgIpc) is 2.27. The van der Waals surface area contributed by atoms with E-state index in [1.807, 2.05) is 21.1 Å². The second kappa shape index (κ2) is 6.09. The maximum absolute atomic E-state index is 11.9. The summed E-state index contributed by atoms with van der Waals surface area (Å²) in [5.41, 5.74) is -0.147. The van der Waals surface area contributed by atoms with Gasteiger partial charge in [0, 0.05) is 6.07 Å². The molecule has 1 atom stereocenters. The lowest BCUT2D eigenvalue weighted by Crippen LogP contribution is -2.37. The number of hydrogen-bond acceptors (Lipinski definition) is 4. The van der Waals surface area contributed by atoms with Crippen molar-refractivity contribution in [3.8, 4) is 0 Å². The Hall–Kier alpha value is -1.23. The number of likely N-dealkylation sites (N-methyl/N-ethyl adjacent to an activating group) is 1. The molecule has 0 heterocycles. The van der Waals surface area contributed by atoms with Crippen molar-refractivity contribution in [1.29, 1.82) is 0 Å². The summed E-state index contributed by atoms with van der Waals surface area (Å²) >= 11 is 0. The van der Waals surface area contributed by atoms with Gasteiger partial charge in [-0.05, 0) is 6.07 Å². The van der Waals surface area contributed by atoms with Gasteiger partial charge >= 0.3 is 0 Å². The molecule has 0 N–H and O–H groups in total. The Balaban J connectivity index is 2.70. The van der Waals surface area contributed by atoms with Crippen LogP contribution in [0.3, 0.4) is 0 Å². The van der Waals surface area contributed by atoms with Crippen molar-refractivity contribution in [3.05, 3.63) is 34.4 Å². The normalized spacial score (nSPS) is 13.3. The van der Waals surface area contributed by atoms with Gasteiger partial charge in [0.15, 0.2) is 0 Å². The predicted octanol–water partition coefficient (Wildman–Crippen LogP) is 1.42. The Morgan fingerprint density at radius 1 is 1.33 bits per heavy atom. The van der Waals surface area contributed by atoms with Gasteiger partial charge < -0.3 is 9.01 Å². The highest BCUT2D eigenvalue weighted by atomic mass is 31.1. The van der Waals surface area contributed by atoms with Crippen LogP contribution >= 0.6 is 8.03 Å². The molecule has 0 aromatic heterocycles. The molecule has 0 radical (unpaired) electrons. The number of para-hydroxylation sites is 1. The van der Waals surface area contributed by atoms with Gasteiger partial charge in [-0.3, -0.25) is 14.7 Å². The van der Waals surface area contributed by atoms with Gasteiger partial charge in [0.25, 0.3) is 5.69 Å². The molecule has 1 unspecified atom stereocenters. The quantitative estimate of drug-likeness (QED) is 0.340. The van der Waals surface area contributed by atoms with Crippen molar-refractivity contribution in [2.24, 2.45) is 0 Å². The minimum absolute atomic E-state index is 0.147. The Morgan fingerprint density at radius 3 is 2.50 bits per heavy atom. The van der Waals surface area contributed by atoms with Crippen LogP contribution in [0.4, 0.5) is 5.69 Å². The molecule has 0 aliphatic rings. The Morgan fingerprint density at radius 2 is 1.94 bits per heavy atom. The highest BCUT2D eigenvalue weighted by Gasteiger charge is 2.18. The van der Waals surface area contributed by atoms with Crippen molar-refractivity contribution in [2.75, 3.05) is 34.3 Å². The molecule has 0 bridgehead atoms. The summed E-state index contributed by atoms with van der Waals surface area (Å²) in [5.74, 6) is 0. The van der Waals surface area contributed by atoms with E-state index in [9.17, 15) is 14.7 Å². The molecular formula is C11H18N2O4P+. The summed E-state index contributed by atoms with van der Waals surface area (Å²) in [6.45, 7) is 1.00. The van der Waals surface area contributed by atoms with Gasteiger partial charge in [-0.25, -0.2) is 0 Å². The first-order valence-electron chi connectivity index (χ1n) is 5.52. The summed E-state index contributed by atoms with van der Waals surface area (Å²) in [6.07, 6.45) is 0. The zero-order chi connectivity index (χ0) is 13.8. The minimum atomic E-state index is -2.57. The monoisotopic (exact) mass is 273 g/mol. The molecule has 0 spiro atoms. The van der Waals surface area contributed by atoms with E-state index in [0.717, 1.165) is 0 Å².